The van der Waals surface area contributed by atoms with Gasteiger partial charge in [0.15, 0.2) is 6.73 Å². The van der Waals surface area contributed by atoms with Crippen LogP contribution in [0.3, 0.4) is 0 Å². The van der Waals surface area contributed by atoms with Crippen molar-refractivity contribution < 1.29 is 22.3 Å². The Balaban J connectivity index is 1.62. The molecule has 3 aromatic carbocycles. The van der Waals surface area contributed by atoms with Gasteiger partial charge in [0.05, 0.1) is 17.7 Å². The minimum atomic E-state index is -4.44. The lowest BCUT2D eigenvalue weighted by Gasteiger charge is -2.31. The van der Waals surface area contributed by atoms with E-state index in [1.54, 1.807) is 17.0 Å². The van der Waals surface area contributed by atoms with E-state index in [4.69, 9.17) is 9.15 Å². The fourth-order valence-electron chi connectivity index (χ4n) is 3.83. The molecule has 0 saturated heterocycles. The topological polar surface area (TPSA) is 42.7 Å². The summed E-state index contributed by atoms with van der Waals surface area (Å²) in [6, 6.07) is 19.6. The molecule has 7 heteroatoms. The van der Waals surface area contributed by atoms with Gasteiger partial charge >= 0.3 is 11.8 Å². The zero-order chi connectivity index (χ0) is 21.6. The van der Waals surface area contributed by atoms with Crippen molar-refractivity contribution >= 4 is 16.7 Å². The van der Waals surface area contributed by atoms with Crippen LogP contribution in [0.25, 0.3) is 22.1 Å². The maximum Gasteiger partial charge on any atom is 0.416 e. The standard InChI is InChI=1S/C24H16F3NO3/c25-24(26,27)16-7-4-8-17(11-16)28-13-20-21(30-14-28)10-9-18-19(12-22(29)31-23(18)20)15-5-2-1-3-6-15/h1-12H,13-14H2. The van der Waals surface area contributed by atoms with Crippen LogP contribution >= 0.6 is 0 Å². The van der Waals surface area contributed by atoms with Crippen molar-refractivity contribution in [1.29, 1.82) is 0 Å². The Morgan fingerprint density at radius 3 is 2.48 bits per heavy atom. The quantitative estimate of drug-likeness (QED) is 0.380. The zero-order valence-electron chi connectivity index (χ0n) is 16.1. The van der Waals surface area contributed by atoms with Gasteiger partial charge in [0.2, 0.25) is 0 Å². The Labute approximate surface area is 175 Å². The molecular formula is C24H16F3NO3. The maximum absolute atomic E-state index is 13.1. The average molecular weight is 423 g/mol. The molecule has 0 N–H and O–H groups in total. The molecule has 0 radical (unpaired) electrons. The van der Waals surface area contributed by atoms with E-state index in [1.165, 1.54) is 12.1 Å². The van der Waals surface area contributed by atoms with E-state index in [1.807, 2.05) is 36.4 Å². The molecule has 4 aromatic rings. The minimum Gasteiger partial charge on any atom is -0.473 e. The van der Waals surface area contributed by atoms with Crippen LogP contribution in [0.5, 0.6) is 5.75 Å². The smallest absolute Gasteiger partial charge is 0.416 e. The third-order valence-electron chi connectivity index (χ3n) is 5.32. The Kier molecular flexibility index (Phi) is 4.46. The summed E-state index contributed by atoms with van der Waals surface area (Å²) >= 11 is 0. The first-order valence-electron chi connectivity index (χ1n) is 9.60. The fourth-order valence-corrected chi connectivity index (χ4v) is 3.83. The SMILES string of the molecule is O=c1cc(-c2ccccc2)c2ccc3c(c2o1)CN(c1cccc(C(F)(F)F)c1)CO3. The molecule has 0 aliphatic carbocycles. The van der Waals surface area contributed by atoms with Gasteiger partial charge in [-0.15, -0.1) is 0 Å². The lowest BCUT2D eigenvalue weighted by atomic mass is 9.99. The normalized spacial score (nSPS) is 13.7. The first kappa shape index (κ1) is 19.2. The summed E-state index contributed by atoms with van der Waals surface area (Å²) in [7, 11) is 0. The monoisotopic (exact) mass is 423 g/mol. The second kappa shape index (κ2) is 7.19. The highest BCUT2D eigenvalue weighted by molar-refractivity contribution is 5.96. The van der Waals surface area contributed by atoms with Crippen molar-refractivity contribution in [3.05, 3.63) is 94.3 Å². The number of fused-ring (bicyclic) bond motifs is 3. The molecule has 0 atom stereocenters. The molecule has 1 aliphatic rings. The number of halogens is 3. The van der Waals surface area contributed by atoms with Crippen molar-refractivity contribution in [2.24, 2.45) is 0 Å². The summed E-state index contributed by atoms with van der Waals surface area (Å²) in [5.41, 5.74) is 1.73. The van der Waals surface area contributed by atoms with E-state index in [-0.39, 0.29) is 13.3 Å². The van der Waals surface area contributed by atoms with E-state index in [0.717, 1.165) is 28.6 Å². The van der Waals surface area contributed by atoms with Gasteiger partial charge in [-0.1, -0.05) is 36.4 Å². The summed E-state index contributed by atoms with van der Waals surface area (Å²) in [5.74, 6) is 0.545. The number of hydrogen-bond donors (Lipinski definition) is 0. The van der Waals surface area contributed by atoms with Crippen molar-refractivity contribution in [1.82, 2.24) is 0 Å². The van der Waals surface area contributed by atoms with E-state index >= 15 is 0 Å². The Morgan fingerprint density at radius 2 is 1.71 bits per heavy atom. The lowest BCUT2D eigenvalue weighted by Crippen LogP contribution is -2.32. The van der Waals surface area contributed by atoms with E-state index in [2.05, 4.69) is 0 Å². The van der Waals surface area contributed by atoms with E-state index < -0.39 is 17.4 Å². The van der Waals surface area contributed by atoms with Crippen molar-refractivity contribution in [2.75, 3.05) is 11.6 Å². The van der Waals surface area contributed by atoms with Crippen LogP contribution in [-0.2, 0) is 12.7 Å². The highest BCUT2D eigenvalue weighted by Crippen LogP contribution is 2.38. The van der Waals surface area contributed by atoms with Gasteiger partial charge in [-0.25, -0.2) is 4.79 Å². The van der Waals surface area contributed by atoms with Crippen LogP contribution in [0.1, 0.15) is 11.1 Å². The second-order valence-electron chi connectivity index (χ2n) is 7.28. The van der Waals surface area contributed by atoms with Gasteiger partial charge in [-0.3, -0.25) is 0 Å². The van der Waals surface area contributed by atoms with E-state index in [0.29, 0.717) is 22.6 Å². The van der Waals surface area contributed by atoms with Crippen LogP contribution in [-0.4, -0.2) is 6.73 Å². The van der Waals surface area contributed by atoms with Crippen LogP contribution in [0.4, 0.5) is 18.9 Å². The van der Waals surface area contributed by atoms with E-state index in [9.17, 15) is 18.0 Å². The molecule has 1 aliphatic heterocycles. The minimum absolute atomic E-state index is 0.0857. The number of nitrogens with zero attached hydrogens (tertiary/aromatic N) is 1. The predicted molar refractivity (Wildman–Crippen MR) is 111 cm³/mol. The molecule has 5 rings (SSSR count). The highest BCUT2D eigenvalue weighted by atomic mass is 19.4. The van der Waals surface area contributed by atoms with Crippen LogP contribution in [0.2, 0.25) is 0 Å². The van der Waals surface area contributed by atoms with Crippen LogP contribution in [0, 0.1) is 0 Å². The molecule has 156 valence electrons. The van der Waals surface area contributed by atoms with Crippen LogP contribution < -0.4 is 15.3 Å². The largest absolute Gasteiger partial charge is 0.473 e. The van der Waals surface area contributed by atoms with Crippen molar-refractivity contribution in [2.45, 2.75) is 12.7 Å². The number of anilines is 1. The molecule has 0 amide bonds. The molecule has 0 spiro atoms. The van der Waals surface area contributed by atoms with Crippen LogP contribution in [0.15, 0.2) is 82.0 Å². The number of alkyl halides is 3. The van der Waals surface area contributed by atoms with Gasteiger partial charge in [0.25, 0.3) is 0 Å². The maximum atomic E-state index is 13.1. The molecule has 0 unspecified atom stereocenters. The summed E-state index contributed by atoms with van der Waals surface area (Å²) in [6.07, 6.45) is -4.44. The zero-order valence-corrected chi connectivity index (χ0v) is 16.1. The molecule has 0 saturated carbocycles. The number of benzene rings is 3. The molecule has 2 heterocycles. The summed E-state index contributed by atoms with van der Waals surface area (Å²) in [6.45, 7) is 0.331. The van der Waals surface area contributed by atoms with Gasteiger partial charge in [0.1, 0.15) is 11.3 Å². The van der Waals surface area contributed by atoms with Gasteiger partial charge in [-0.05, 0) is 41.5 Å². The number of rotatable bonds is 2. The first-order chi connectivity index (χ1) is 14.9. The third-order valence-corrected chi connectivity index (χ3v) is 5.32. The first-order valence-corrected chi connectivity index (χ1v) is 9.60. The number of ether oxygens (including phenoxy) is 1. The average Bonchev–Trinajstić information content (AvgIpc) is 2.78. The van der Waals surface area contributed by atoms with Crippen molar-refractivity contribution in [3.8, 4) is 16.9 Å². The second-order valence-corrected chi connectivity index (χ2v) is 7.28. The summed E-state index contributed by atoms with van der Waals surface area (Å²) in [4.78, 5) is 14.0. The summed E-state index contributed by atoms with van der Waals surface area (Å²) in [5, 5.41) is 0.735. The Bertz CT molecular complexity index is 1330. The third kappa shape index (κ3) is 3.52. The Hall–Kier alpha value is -3.74. The molecule has 31 heavy (non-hydrogen) atoms. The van der Waals surface area contributed by atoms with Gasteiger partial charge in [0, 0.05) is 17.1 Å². The fraction of sp³-hybridized carbons (Fsp3) is 0.125. The Morgan fingerprint density at radius 1 is 0.903 bits per heavy atom. The predicted octanol–water partition coefficient (Wildman–Crippen LogP) is 5.84. The molecule has 0 bridgehead atoms. The van der Waals surface area contributed by atoms with Gasteiger partial charge < -0.3 is 14.1 Å². The highest BCUT2D eigenvalue weighted by Gasteiger charge is 2.31. The van der Waals surface area contributed by atoms with Gasteiger partial charge in [-0.2, -0.15) is 13.2 Å². The summed E-state index contributed by atoms with van der Waals surface area (Å²) < 4.78 is 50.7. The molecular weight excluding hydrogens is 407 g/mol. The molecule has 1 aromatic heterocycles. The molecule has 0 fully saturated rings. The number of hydrogen-bond acceptors (Lipinski definition) is 4. The lowest BCUT2D eigenvalue weighted by molar-refractivity contribution is -0.137. The van der Waals surface area contributed by atoms with Crippen molar-refractivity contribution in [3.63, 3.8) is 0 Å². The molecule has 4 nitrogen and oxygen atoms in total.